The molecule has 1 rings (SSSR count). The molecule has 0 fully saturated rings. The lowest BCUT2D eigenvalue weighted by molar-refractivity contribution is 1.40. The molecule has 0 amide bonds. The molecule has 0 spiro atoms. The van der Waals surface area contributed by atoms with Crippen LogP contribution in [0, 0.1) is 18.4 Å². The fourth-order valence-electron chi connectivity index (χ4n) is 0.789. The summed E-state index contributed by atoms with van der Waals surface area (Å²) in [4.78, 5) is 0. The number of aryl methyl sites for hydroxylation is 1. The largest absolute Gasteiger partial charge is 0.293 e. The van der Waals surface area contributed by atoms with Crippen LogP contribution in [-0.4, -0.2) is 0 Å². The SMILES string of the molecule is Cc1ccc(Br)cc1NC#N. The minimum atomic E-state index is 0.849. The average Bonchev–Trinajstić information content (AvgIpc) is 1.98. The van der Waals surface area contributed by atoms with Gasteiger partial charge in [0.15, 0.2) is 6.19 Å². The molecule has 11 heavy (non-hydrogen) atoms. The molecule has 0 aliphatic rings. The van der Waals surface area contributed by atoms with Gasteiger partial charge in [-0.1, -0.05) is 22.0 Å². The van der Waals surface area contributed by atoms with E-state index in [1.807, 2.05) is 31.3 Å². The lowest BCUT2D eigenvalue weighted by atomic mass is 10.2. The number of nitrogens with one attached hydrogen (secondary N) is 1. The second-order valence-corrected chi connectivity index (χ2v) is 3.11. The Morgan fingerprint density at radius 1 is 1.55 bits per heavy atom. The number of nitriles is 1. The number of benzene rings is 1. The molecule has 56 valence electrons. The monoisotopic (exact) mass is 210 g/mol. The molecule has 0 heterocycles. The van der Waals surface area contributed by atoms with Crippen LogP contribution in [0.3, 0.4) is 0 Å². The van der Waals surface area contributed by atoms with Crippen molar-refractivity contribution in [2.75, 3.05) is 5.32 Å². The van der Waals surface area contributed by atoms with Gasteiger partial charge < -0.3 is 0 Å². The van der Waals surface area contributed by atoms with Gasteiger partial charge in [-0.2, -0.15) is 5.26 Å². The van der Waals surface area contributed by atoms with Crippen LogP contribution in [0.25, 0.3) is 0 Å². The topological polar surface area (TPSA) is 35.8 Å². The predicted molar refractivity (Wildman–Crippen MR) is 48.1 cm³/mol. The van der Waals surface area contributed by atoms with Crippen molar-refractivity contribution in [2.45, 2.75) is 6.92 Å². The molecule has 1 N–H and O–H groups in total. The van der Waals surface area contributed by atoms with Crippen LogP contribution in [0.2, 0.25) is 0 Å². The maximum Gasteiger partial charge on any atom is 0.181 e. The summed E-state index contributed by atoms with van der Waals surface area (Å²) in [6.07, 6.45) is 1.88. The smallest absolute Gasteiger partial charge is 0.181 e. The van der Waals surface area contributed by atoms with E-state index in [1.165, 1.54) is 0 Å². The Balaban J connectivity index is 3.05. The number of anilines is 1. The first-order valence-electron chi connectivity index (χ1n) is 3.15. The summed E-state index contributed by atoms with van der Waals surface area (Å²) >= 11 is 3.32. The van der Waals surface area contributed by atoms with Gasteiger partial charge in [0, 0.05) is 4.47 Å². The van der Waals surface area contributed by atoms with Gasteiger partial charge in [0.25, 0.3) is 0 Å². The molecule has 0 aromatic heterocycles. The molecule has 1 aromatic rings. The van der Waals surface area contributed by atoms with Crippen molar-refractivity contribution < 1.29 is 0 Å². The summed E-state index contributed by atoms with van der Waals surface area (Å²) < 4.78 is 0.973. The Morgan fingerprint density at radius 2 is 2.27 bits per heavy atom. The zero-order valence-electron chi connectivity index (χ0n) is 6.06. The first-order valence-corrected chi connectivity index (χ1v) is 3.94. The normalized spacial score (nSPS) is 8.82. The van der Waals surface area contributed by atoms with Crippen LogP contribution < -0.4 is 5.32 Å². The van der Waals surface area contributed by atoms with E-state index in [9.17, 15) is 0 Å². The fraction of sp³-hybridized carbons (Fsp3) is 0.125. The summed E-state index contributed by atoms with van der Waals surface area (Å²) in [7, 11) is 0. The third-order valence-corrected chi connectivity index (χ3v) is 1.88. The molecule has 3 heteroatoms. The van der Waals surface area contributed by atoms with E-state index in [0.717, 1.165) is 15.7 Å². The fourth-order valence-corrected chi connectivity index (χ4v) is 1.15. The van der Waals surface area contributed by atoms with Crippen LogP contribution in [-0.2, 0) is 0 Å². The first-order chi connectivity index (χ1) is 5.24. The van der Waals surface area contributed by atoms with Gasteiger partial charge in [-0.15, -0.1) is 0 Å². The van der Waals surface area contributed by atoms with E-state index in [4.69, 9.17) is 5.26 Å². The standard InChI is InChI=1S/C8H7BrN2/c1-6-2-3-7(9)4-8(6)11-5-10/h2-4,11H,1H3. The van der Waals surface area contributed by atoms with Crippen molar-refractivity contribution in [1.82, 2.24) is 0 Å². The highest BCUT2D eigenvalue weighted by Crippen LogP contribution is 2.19. The molecule has 0 aliphatic carbocycles. The first kappa shape index (κ1) is 8.09. The summed E-state index contributed by atoms with van der Waals surface area (Å²) in [5.41, 5.74) is 1.91. The van der Waals surface area contributed by atoms with Crippen LogP contribution in [0.1, 0.15) is 5.56 Å². The zero-order chi connectivity index (χ0) is 8.27. The molecule has 0 saturated heterocycles. The predicted octanol–water partition coefficient (Wildman–Crippen LogP) is 2.65. The number of halogens is 1. The van der Waals surface area contributed by atoms with E-state index in [0.29, 0.717) is 0 Å². The third-order valence-electron chi connectivity index (χ3n) is 1.39. The minimum Gasteiger partial charge on any atom is -0.293 e. The van der Waals surface area contributed by atoms with Crippen LogP contribution in [0.15, 0.2) is 22.7 Å². The van der Waals surface area contributed by atoms with Gasteiger partial charge in [-0.25, -0.2) is 0 Å². The summed E-state index contributed by atoms with van der Waals surface area (Å²) in [5, 5.41) is 11.0. The molecular formula is C8H7BrN2. The zero-order valence-corrected chi connectivity index (χ0v) is 7.64. The van der Waals surface area contributed by atoms with Crippen molar-refractivity contribution in [3.8, 4) is 6.19 Å². The van der Waals surface area contributed by atoms with Crippen molar-refractivity contribution in [1.29, 1.82) is 5.26 Å². The maximum atomic E-state index is 8.36. The van der Waals surface area contributed by atoms with Gasteiger partial charge in [-0.3, -0.25) is 5.32 Å². The third kappa shape index (κ3) is 1.95. The Hall–Kier alpha value is -1.01. The number of hydrogen-bond acceptors (Lipinski definition) is 2. The van der Waals surface area contributed by atoms with Gasteiger partial charge in [0.05, 0.1) is 5.69 Å². The lowest BCUT2D eigenvalue weighted by Gasteiger charge is -2.01. The molecule has 0 atom stereocenters. The van der Waals surface area contributed by atoms with Crippen LogP contribution in [0.4, 0.5) is 5.69 Å². The number of nitrogens with zero attached hydrogens (tertiary/aromatic N) is 1. The quantitative estimate of drug-likeness (QED) is 0.572. The molecule has 0 aliphatic heterocycles. The highest BCUT2D eigenvalue weighted by Gasteiger charge is 1.95. The molecule has 1 aromatic carbocycles. The Morgan fingerprint density at radius 3 is 2.91 bits per heavy atom. The van der Waals surface area contributed by atoms with E-state index < -0.39 is 0 Å². The Labute approximate surface area is 74.0 Å². The van der Waals surface area contributed by atoms with E-state index >= 15 is 0 Å². The van der Waals surface area contributed by atoms with E-state index in [-0.39, 0.29) is 0 Å². The number of rotatable bonds is 1. The summed E-state index contributed by atoms with van der Waals surface area (Å²) in [6.45, 7) is 1.95. The molecule has 0 saturated carbocycles. The average molecular weight is 211 g/mol. The van der Waals surface area contributed by atoms with Gasteiger partial charge >= 0.3 is 0 Å². The molecule has 0 unspecified atom stereocenters. The minimum absolute atomic E-state index is 0.849. The second kappa shape index (κ2) is 3.40. The van der Waals surface area contributed by atoms with Crippen LogP contribution >= 0.6 is 15.9 Å². The summed E-state index contributed by atoms with van der Waals surface area (Å²) in [6, 6.07) is 5.76. The van der Waals surface area contributed by atoms with Crippen molar-refractivity contribution >= 4 is 21.6 Å². The maximum absolute atomic E-state index is 8.36. The second-order valence-electron chi connectivity index (χ2n) is 2.20. The molecule has 0 bridgehead atoms. The molecule has 2 nitrogen and oxygen atoms in total. The summed E-state index contributed by atoms with van der Waals surface area (Å²) in [5.74, 6) is 0. The van der Waals surface area contributed by atoms with Crippen molar-refractivity contribution in [2.24, 2.45) is 0 Å². The van der Waals surface area contributed by atoms with Gasteiger partial charge in [-0.05, 0) is 24.6 Å². The van der Waals surface area contributed by atoms with Crippen molar-refractivity contribution in [3.63, 3.8) is 0 Å². The lowest BCUT2D eigenvalue weighted by Crippen LogP contribution is -1.89. The molecule has 0 radical (unpaired) electrons. The molecular weight excluding hydrogens is 204 g/mol. The van der Waals surface area contributed by atoms with E-state index in [2.05, 4.69) is 21.2 Å². The van der Waals surface area contributed by atoms with Crippen molar-refractivity contribution in [3.05, 3.63) is 28.2 Å². The highest BCUT2D eigenvalue weighted by molar-refractivity contribution is 9.10. The van der Waals surface area contributed by atoms with Gasteiger partial charge in [0.1, 0.15) is 0 Å². The van der Waals surface area contributed by atoms with E-state index in [1.54, 1.807) is 0 Å². The van der Waals surface area contributed by atoms with Crippen LogP contribution in [0.5, 0.6) is 0 Å². The Bertz CT molecular complexity index is 301. The highest BCUT2D eigenvalue weighted by atomic mass is 79.9. The Kier molecular flexibility index (Phi) is 2.50. The number of hydrogen-bond donors (Lipinski definition) is 1. The van der Waals surface area contributed by atoms with Gasteiger partial charge in [0.2, 0.25) is 0 Å².